The van der Waals surface area contributed by atoms with Crippen LogP contribution in [0.3, 0.4) is 0 Å². The van der Waals surface area contributed by atoms with Crippen LogP contribution in [0.15, 0.2) is 53.5 Å². The molecule has 6 nitrogen and oxygen atoms in total. The van der Waals surface area contributed by atoms with Crippen molar-refractivity contribution >= 4 is 44.2 Å². The van der Waals surface area contributed by atoms with Crippen molar-refractivity contribution < 1.29 is 4.79 Å². The van der Waals surface area contributed by atoms with Crippen molar-refractivity contribution in [3.8, 4) is 11.4 Å². The summed E-state index contributed by atoms with van der Waals surface area (Å²) in [6, 6.07) is 12.7. The first kappa shape index (κ1) is 17.4. The first-order chi connectivity index (χ1) is 13.0. The largest absolute Gasteiger partial charge is 0.306 e. The van der Waals surface area contributed by atoms with Gasteiger partial charge in [-0.15, -0.1) is 0 Å². The Labute approximate surface area is 162 Å². The molecule has 0 bridgehead atoms. The van der Waals surface area contributed by atoms with Gasteiger partial charge in [-0.1, -0.05) is 29.0 Å². The summed E-state index contributed by atoms with van der Waals surface area (Å²) in [6.07, 6.45) is 1.26. The fourth-order valence-corrected chi connectivity index (χ4v) is 3.65. The first-order valence-corrected chi connectivity index (χ1v) is 9.23. The van der Waals surface area contributed by atoms with Gasteiger partial charge in [0.25, 0.3) is 11.5 Å². The molecule has 0 radical (unpaired) electrons. The minimum Gasteiger partial charge on any atom is -0.306 e. The number of nitrogens with one attached hydrogen (secondary N) is 2. The van der Waals surface area contributed by atoms with Gasteiger partial charge in [-0.05, 0) is 48.9 Å². The van der Waals surface area contributed by atoms with E-state index in [4.69, 9.17) is 11.6 Å². The number of hydrogen-bond acceptors (Lipinski definition) is 5. The second kappa shape index (κ2) is 6.94. The molecule has 27 heavy (non-hydrogen) atoms. The van der Waals surface area contributed by atoms with Gasteiger partial charge in [0, 0.05) is 16.8 Å². The quantitative estimate of drug-likeness (QED) is 0.541. The zero-order valence-electron chi connectivity index (χ0n) is 14.1. The third kappa shape index (κ3) is 3.60. The number of halogens is 1. The Morgan fingerprint density at radius 2 is 1.96 bits per heavy atom. The fraction of sp³-hybridized carbons (Fsp3) is 0.0526. The van der Waals surface area contributed by atoms with Crippen LogP contribution >= 0.6 is 22.9 Å². The van der Waals surface area contributed by atoms with Crippen molar-refractivity contribution in [2.75, 3.05) is 5.32 Å². The maximum absolute atomic E-state index is 12.4. The molecule has 0 unspecified atom stereocenters. The maximum atomic E-state index is 12.4. The van der Waals surface area contributed by atoms with Crippen LogP contribution in [0, 0.1) is 6.92 Å². The van der Waals surface area contributed by atoms with Crippen molar-refractivity contribution in [2.24, 2.45) is 0 Å². The van der Waals surface area contributed by atoms with Gasteiger partial charge in [-0.3, -0.25) is 14.9 Å². The predicted octanol–water partition coefficient (Wildman–Crippen LogP) is 4.26. The van der Waals surface area contributed by atoms with E-state index in [1.165, 1.54) is 17.5 Å². The standard InChI is InChI=1S/C19H13ClN4O2S/c1-10-2-7-14-15(8-10)27-19(22-14)24-18(26)13-9-21-16(23-17(13)25)11-3-5-12(20)6-4-11/h2-9H,1H3,(H,21,23,25)(H,22,24,26). The number of aromatic nitrogens is 3. The highest BCUT2D eigenvalue weighted by Gasteiger charge is 2.15. The van der Waals surface area contributed by atoms with Crippen LogP contribution in [-0.2, 0) is 0 Å². The van der Waals surface area contributed by atoms with Crippen LogP contribution in [0.5, 0.6) is 0 Å². The zero-order valence-corrected chi connectivity index (χ0v) is 15.7. The summed E-state index contributed by atoms with van der Waals surface area (Å²) < 4.78 is 0.968. The molecule has 2 aromatic carbocycles. The molecule has 2 heterocycles. The Balaban J connectivity index is 1.59. The molecule has 2 N–H and O–H groups in total. The Morgan fingerprint density at radius 3 is 2.70 bits per heavy atom. The van der Waals surface area contributed by atoms with Gasteiger partial charge in [0.15, 0.2) is 5.13 Å². The van der Waals surface area contributed by atoms with Gasteiger partial charge in [-0.2, -0.15) is 0 Å². The van der Waals surface area contributed by atoms with Gasteiger partial charge in [0.1, 0.15) is 11.4 Å². The SMILES string of the molecule is Cc1ccc2nc(NC(=O)c3cnc(-c4ccc(Cl)cc4)[nH]c3=O)sc2c1. The number of rotatable bonds is 3. The number of aromatic amines is 1. The van der Waals surface area contributed by atoms with Crippen molar-refractivity contribution in [3.05, 3.63) is 75.2 Å². The van der Waals surface area contributed by atoms with Crippen LogP contribution in [0.4, 0.5) is 5.13 Å². The maximum Gasteiger partial charge on any atom is 0.264 e. The van der Waals surface area contributed by atoms with E-state index in [0.29, 0.717) is 21.5 Å². The van der Waals surface area contributed by atoms with Crippen LogP contribution in [-0.4, -0.2) is 20.9 Å². The van der Waals surface area contributed by atoms with E-state index in [0.717, 1.165) is 15.8 Å². The summed E-state index contributed by atoms with van der Waals surface area (Å²) in [5, 5.41) is 3.68. The Morgan fingerprint density at radius 1 is 1.19 bits per heavy atom. The van der Waals surface area contributed by atoms with Gasteiger partial charge < -0.3 is 4.98 Å². The van der Waals surface area contributed by atoms with Crippen LogP contribution in [0.2, 0.25) is 5.02 Å². The molecule has 4 rings (SSSR count). The molecule has 0 saturated carbocycles. The molecule has 0 spiro atoms. The molecule has 2 aromatic heterocycles. The number of carbonyl (C=O) groups is 1. The first-order valence-electron chi connectivity index (χ1n) is 8.03. The van der Waals surface area contributed by atoms with Crippen molar-refractivity contribution in [3.63, 3.8) is 0 Å². The van der Waals surface area contributed by atoms with E-state index in [1.54, 1.807) is 24.3 Å². The zero-order chi connectivity index (χ0) is 19.0. The lowest BCUT2D eigenvalue weighted by Crippen LogP contribution is -2.24. The molecule has 0 aliphatic heterocycles. The van der Waals surface area contributed by atoms with Crippen molar-refractivity contribution in [2.45, 2.75) is 6.92 Å². The lowest BCUT2D eigenvalue weighted by molar-refractivity contribution is 0.102. The number of H-pyrrole nitrogens is 1. The Bertz CT molecular complexity index is 1210. The predicted molar refractivity (Wildman–Crippen MR) is 108 cm³/mol. The van der Waals surface area contributed by atoms with E-state index >= 15 is 0 Å². The number of fused-ring (bicyclic) bond motifs is 1. The third-order valence-corrected chi connectivity index (χ3v) is 5.11. The molecule has 8 heteroatoms. The highest BCUT2D eigenvalue weighted by atomic mass is 35.5. The second-order valence-corrected chi connectivity index (χ2v) is 7.39. The highest BCUT2D eigenvalue weighted by Crippen LogP contribution is 2.26. The summed E-state index contributed by atoms with van der Waals surface area (Å²) in [6.45, 7) is 1.99. The number of benzene rings is 2. The summed E-state index contributed by atoms with van der Waals surface area (Å²) >= 11 is 7.22. The Kier molecular flexibility index (Phi) is 4.47. The minimum atomic E-state index is -0.554. The van der Waals surface area contributed by atoms with Gasteiger partial charge >= 0.3 is 0 Å². The van der Waals surface area contributed by atoms with Gasteiger partial charge in [0.2, 0.25) is 0 Å². The number of amides is 1. The molecular weight excluding hydrogens is 384 g/mol. The molecule has 1 amide bonds. The molecule has 0 aliphatic carbocycles. The van der Waals surface area contributed by atoms with Crippen LogP contribution in [0.1, 0.15) is 15.9 Å². The number of carbonyl (C=O) groups excluding carboxylic acids is 1. The molecule has 0 aliphatic rings. The summed E-state index contributed by atoms with van der Waals surface area (Å²) in [5.74, 6) is -0.189. The average molecular weight is 397 g/mol. The number of aryl methyl sites for hydroxylation is 1. The van der Waals surface area contributed by atoms with E-state index in [-0.39, 0.29) is 5.56 Å². The van der Waals surface area contributed by atoms with E-state index in [2.05, 4.69) is 20.3 Å². The number of nitrogens with zero attached hydrogens (tertiary/aromatic N) is 2. The fourth-order valence-electron chi connectivity index (χ4n) is 2.56. The molecule has 0 saturated heterocycles. The normalized spacial score (nSPS) is 10.9. The summed E-state index contributed by atoms with van der Waals surface area (Å²) in [7, 11) is 0. The topological polar surface area (TPSA) is 87.7 Å². The van der Waals surface area contributed by atoms with E-state index in [9.17, 15) is 9.59 Å². The van der Waals surface area contributed by atoms with Gasteiger partial charge in [-0.25, -0.2) is 9.97 Å². The monoisotopic (exact) mass is 396 g/mol. The van der Waals surface area contributed by atoms with Gasteiger partial charge in [0.05, 0.1) is 10.2 Å². The molecular formula is C19H13ClN4O2S. The smallest absolute Gasteiger partial charge is 0.264 e. The molecule has 4 aromatic rings. The third-order valence-electron chi connectivity index (χ3n) is 3.93. The Hall–Kier alpha value is -3.03. The average Bonchev–Trinajstić information content (AvgIpc) is 3.03. The minimum absolute atomic E-state index is 0.0804. The van der Waals surface area contributed by atoms with Crippen molar-refractivity contribution in [1.29, 1.82) is 0 Å². The highest BCUT2D eigenvalue weighted by molar-refractivity contribution is 7.22. The lowest BCUT2D eigenvalue weighted by atomic mass is 10.2. The van der Waals surface area contributed by atoms with E-state index in [1.807, 2.05) is 25.1 Å². The van der Waals surface area contributed by atoms with Crippen LogP contribution < -0.4 is 10.9 Å². The molecule has 134 valence electrons. The molecule has 0 atom stereocenters. The number of thiazole rings is 1. The second-order valence-electron chi connectivity index (χ2n) is 5.93. The van der Waals surface area contributed by atoms with Crippen LogP contribution in [0.25, 0.3) is 21.6 Å². The number of hydrogen-bond donors (Lipinski definition) is 2. The lowest BCUT2D eigenvalue weighted by Gasteiger charge is -2.03. The summed E-state index contributed by atoms with van der Waals surface area (Å²) in [4.78, 5) is 35.9. The van der Waals surface area contributed by atoms with E-state index < -0.39 is 11.5 Å². The van der Waals surface area contributed by atoms with Crippen molar-refractivity contribution in [1.82, 2.24) is 15.0 Å². The number of anilines is 1. The summed E-state index contributed by atoms with van der Waals surface area (Å²) in [5.41, 5.74) is 2.01. The molecule has 0 fully saturated rings.